The van der Waals surface area contributed by atoms with Gasteiger partial charge in [0.05, 0.1) is 0 Å². The second kappa shape index (κ2) is 5.20. The van der Waals surface area contributed by atoms with E-state index in [0.29, 0.717) is 5.56 Å². The van der Waals surface area contributed by atoms with Crippen LogP contribution in [0.1, 0.15) is 16.8 Å². The molecule has 0 saturated heterocycles. The summed E-state index contributed by atoms with van der Waals surface area (Å²) in [5, 5.41) is 4.33. The molecule has 0 fully saturated rings. The first-order valence-electron chi connectivity index (χ1n) is 4.19. The number of nitriles is 1. The molecule has 0 N–H and O–H groups in total. The van der Waals surface area contributed by atoms with Gasteiger partial charge in [-0.2, -0.15) is 0 Å². The van der Waals surface area contributed by atoms with Gasteiger partial charge in [-0.05, 0) is 0 Å². The predicted octanol–water partition coefficient (Wildman–Crippen LogP) is 2.87. The van der Waals surface area contributed by atoms with Crippen molar-refractivity contribution in [2.45, 2.75) is 16.3 Å². The van der Waals surface area contributed by atoms with E-state index in [0.717, 1.165) is 0 Å². The molecule has 1 aromatic rings. The molecule has 0 saturated carbocycles. The Balaban J connectivity index is 2.80. The Morgan fingerprint density at radius 1 is 1.27 bits per heavy atom. The number of nitrogens with zero attached hydrogens (tertiary/aromatic N) is 1. The zero-order valence-corrected chi connectivity index (χ0v) is 9.37. The van der Waals surface area contributed by atoms with Gasteiger partial charge in [0.15, 0.2) is 0 Å². The number of halogens is 3. The number of alkyl halides is 3. The van der Waals surface area contributed by atoms with Crippen LogP contribution in [0.2, 0.25) is 0 Å². The van der Waals surface area contributed by atoms with Crippen LogP contribution in [-0.2, 0) is 0 Å². The molecule has 0 heterocycles. The molecule has 15 heavy (non-hydrogen) atoms. The van der Waals surface area contributed by atoms with Gasteiger partial charge in [-0.3, -0.25) is 0 Å². The van der Waals surface area contributed by atoms with Gasteiger partial charge >= 0.3 is 91.7 Å². The van der Waals surface area contributed by atoms with Crippen LogP contribution in [0.5, 0.6) is 0 Å². The molecule has 1 atom stereocenters. The van der Waals surface area contributed by atoms with Gasteiger partial charge in [0.25, 0.3) is 0 Å². The maximum absolute atomic E-state index is 12.2. The monoisotopic (exact) mass is 279 g/mol. The molecule has 80 valence electrons. The van der Waals surface area contributed by atoms with Crippen LogP contribution in [-0.4, -0.2) is 20.0 Å². The molecule has 0 aliphatic carbocycles. The van der Waals surface area contributed by atoms with Gasteiger partial charge in [0.1, 0.15) is 0 Å². The van der Waals surface area contributed by atoms with Gasteiger partial charge in [-0.15, -0.1) is 0 Å². The molecule has 1 unspecified atom stereocenters. The first-order chi connectivity index (χ1) is 7.03. The average molecular weight is 278 g/mol. The fourth-order valence-electron chi connectivity index (χ4n) is 1.14. The van der Waals surface area contributed by atoms with E-state index in [1.54, 1.807) is 36.4 Å². The Kier molecular flexibility index (Phi) is 4.19. The third-order valence-electron chi connectivity index (χ3n) is 1.72. The summed E-state index contributed by atoms with van der Waals surface area (Å²) >= 11 is -1.54. The van der Waals surface area contributed by atoms with E-state index in [9.17, 15) is 13.2 Å². The zero-order valence-electron chi connectivity index (χ0n) is 7.66. The van der Waals surface area contributed by atoms with E-state index < -0.39 is 24.8 Å². The van der Waals surface area contributed by atoms with Gasteiger partial charge < -0.3 is 0 Å². The minimum absolute atomic E-state index is 0.0798. The molecule has 0 bridgehead atoms. The molecule has 0 radical (unpaired) electrons. The van der Waals surface area contributed by atoms with Crippen LogP contribution < -0.4 is 0 Å². The van der Waals surface area contributed by atoms with Crippen LogP contribution in [0.4, 0.5) is 13.2 Å². The van der Waals surface area contributed by atoms with Gasteiger partial charge in [0.2, 0.25) is 0 Å². The normalized spacial score (nSPS) is 13.2. The Morgan fingerprint density at radius 3 is 2.33 bits per heavy atom. The fraction of sp³-hybridized carbons (Fsp3) is 0.300. The fourth-order valence-corrected chi connectivity index (χ4v) is 2.76. The SMILES string of the molecule is N#CCC([Se]C(F)(F)F)c1ccccc1. The molecule has 0 aromatic heterocycles. The molecule has 5 heteroatoms. The van der Waals surface area contributed by atoms with Crippen molar-refractivity contribution in [2.24, 2.45) is 0 Å². The Morgan fingerprint density at radius 2 is 1.87 bits per heavy atom. The standard InChI is InChI=1S/C10H8F3NSe/c11-10(12,13)15-9(6-7-14)8-4-2-1-3-5-8/h1-5,9H,6H2. The summed E-state index contributed by atoms with van der Waals surface area (Å²) in [5.74, 6) is 0. The van der Waals surface area contributed by atoms with Crippen LogP contribution in [0.3, 0.4) is 0 Å². The molecular weight excluding hydrogens is 270 g/mol. The van der Waals surface area contributed by atoms with Crippen molar-refractivity contribution in [3.8, 4) is 6.07 Å². The zero-order chi connectivity index (χ0) is 11.3. The van der Waals surface area contributed by atoms with Crippen molar-refractivity contribution in [1.29, 1.82) is 5.26 Å². The second-order valence-electron chi connectivity index (χ2n) is 2.83. The summed E-state index contributed by atoms with van der Waals surface area (Å²) in [4.78, 5) is -0.691. The molecule has 0 aliphatic heterocycles. The predicted molar refractivity (Wildman–Crippen MR) is 51.2 cm³/mol. The van der Waals surface area contributed by atoms with E-state index in [1.807, 2.05) is 0 Å². The van der Waals surface area contributed by atoms with E-state index in [1.165, 1.54) is 0 Å². The first kappa shape index (κ1) is 12.1. The molecule has 0 amide bonds. The third-order valence-corrected chi connectivity index (χ3v) is 3.80. The van der Waals surface area contributed by atoms with Crippen LogP contribution >= 0.6 is 0 Å². The summed E-state index contributed by atoms with van der Waals surface area (Å²) in [6.07, 6.45) is -0.0798. The van der Waals surface area contributed by atoms with Crippen molar-refractivity contribution in [2.75, 3.05) is 0 Å². The van der Waals surface area contributed by atoms with Crippen molar-refractivity contribution in [3.05, 3.63) is 35.9 Å². The Bertz CT molecular complexity index is 342. The summed E-state index contributed by atoms with van der Waals surface area (Å²) < 4.78 is 36.7. The molecule has 0 aliphatic rings. The van der Waals surface area contributed by atoms with Crippen LogP contribution in [0, 0.1) is 11.3 Å². The Labute approximate surface area is 92.1 Å². The number of benzene rings is 1. The first-order valence-corrected chi connectivity index (χ1v) is 6.04. The number of hydrogen-bond acceptors (Lipinski definition) is 1. The van der Waals surface area contributed by atoms with E-state index >= 15 is 0 Å². The van der Waals surface area contributed by atoms with Crippen LogP contribution in [0.15, 0.2) is 30.3 Å². The van der Waals surface area contributed by atoms with Crippen molar-refractivity contribution < 1.29 is 13.2 Å². The second-order valence-corrected chi connectivity index (χ2v) is 5.48. The average Bonchev–Trinajstić information content (AvgIpc) is 2.17. The molecule has 0 spiro atoms. The van der Waals surface area contributed by atoms with Crippen molar-refractivity contribution >= 4 is 15.0 Å². The molecular formula is C10H8F3NSe. The third kappa shape index (κ3) is 4.37. The van der Waals surface area contributed by atoms with E-state index in [-0.39, 0.29) is 6.42 Å². The van der Waals surface area contributed by atoms with E-state index in [4.69, 9.17) is 5.26 Å². The van der Waals surface area contributed by atoms with Crippen molar-refractivity contribution in [3.63, 3.8) is 0 Å². The summed E-state index contributed by atoms with van der Waals surface area (Å²) in [7, 11) is 0. The topological polar surface area (TPSA) is 23.8 Å². The van der Waals surface area contributed by atoms with E-state index in [2.05, 4.69) is 0 Å². The Hall–Kier alpha value is -0.981. The summed E-state index contributed by atoms with van der Waals surface area (Å²) in [6, 6.07) is 10.2. The minimum atomic E-state index is -4.16. The number of hydrogen-bond donors (Lipinski definition) is 0. The van der Waals surface area contributed by atoms with Crippen molar-refractivity contribution in [1.82, 2.24) is 0 Å². The summed E-state index contributed by atoms with van der Waals surface area (Å²) in [6.45, 7) is 0. The molecule has 1 aromatic carbocycles. The number of rotatable bonds is 3. The maximum atomic E-state index is 12.2. The van der Waals surface area contributed by atoms with Gasteiger partial charge in [-0.1, -0.05) is 0 Å². The summed E-state index contributed by atoms with van der Waals surface area (Å²) in [5.41, 5.74) is 0.594. The quantitative estimate of drug-likeness (QED) is 0.780. The van der Waals surface area contributed by atoms with Gasteiger partial charge in [-0.25, -0.2) is 0 Å². The molecule has 1 rings (SSSR count). The van der Waals surface area contributed by atoms with Gasteiger partial charge in [0, 0.05) is 0 Å². The van der Waals surface area contributed by atoms with Crippen LogP contribution in [0.25, 0.3) is 0 Å². The molecule has 1 nitrogen and oxygen atoms in total.